The van der Waals surface area contributed by atoms with Gasteiger partial charge >= 0.3 is 5.69 Å². The summed E-state index contributed by atoms with van der Waals surface area (Å²) in [5.41, 5.74) is 1.72. The Morgan fingerprint density at radius 3 is 2.31 bits per heavy atom. The molecule has 1 aromatic heterocycles. The van der Waals surface area contributed by atoms with Gasteiger partial charge in [-0.25, -0.2) is 4.98 Å². The molecule has 170 valence electrons. The van der Waals surface area contributed by atoms with Crippen molar-refractivity contribution in [3.05, 3.63) is 124 Å². The molecule has 0 amide bonds. The van der Waals surface area contributed by atoms with Gasteiger partial charge in [-0.15, -0.1) is 0 Å². The van der Waals surface area contributed by atoms with E-state index in [0.717, 1.165) is 22.7 Å². The first-order valence-corrected chi connectivity index (χ1v) is 10.8. The average Bonchev–Trinajstić information content (AvgIpc) is 2.89. The van der Waals surface area contributed by atoms with E-state index in [-0.39, 0.29) is 23.2 Å². The minimum absolute atomic E-state index is 0.0263. The number of nitro groups is 1. The molecule has 0 bridgehead atoms. The highest BCUT2D eigenvalue weighted by Gasteiger charge is 2.20. The molecule has 5 aromatic rings. The second-order valence-electron chi connectivity index (χ2n) is 7.74. The summed E-state index contributed by atoms with van der Waals surface area (Å²) < 4.78 is 0. The first-order valence-electron chi connectivity index (χ1n) is 10.8. The zero-order valence-corrected chi connectivity index (χ0v) is 18.4. The number of carbonyl (C=O) groups is 1. The Labute approximate surface area is 200 Å². The van der Waals surface area contributed by atoms with E-state index < -0.39 is 4.92 Å². The van der Waals surface area contributed by atoms with Crippen LogP contribution in [0.3, 0.4) is 0 Å². The van der Waals surface area contributed by atoms with E-state index in [2.05, 4.69) is 20.6 Å². The lowest BCUT2D eigenvalue weighted by Crippen LogP contribution is -2.08. The van der Waals surface area contributed by atoms with Crippen LogP contribution in [0.25, 0.3) is 10.8 Å². The number of carbonyl (C=O) groups excluding carboxylic acids is 1. The van der Waals surface area contributed by atoms with Crippen molar-refractivity contribution in [2.24, 2.45) is 0 Å². The number of nitrogens with zero attached hydrogens (tertiary/aromatic N) is 3. The number of nitrogens with one attached hydrogen (secondary N) is 2. The lowest BCUT2D eigenvalue weighted by atomic mass is 10.0. The highest BCUT2D eigenvalue weighted by molar-refractivity contribution is 6.12. The molecule has 8 heteroatoms. The number of aromatic nitrogens is 2. The predicted molar refractivity (Wildman–Crippen MR) is 136 cm³/mol. The zero-order valence-electron chi connectivity index (χ0n) is 18.4. The summed E-state index contributed by atoms with van der Waals surface area (Å²) in [6, 6.07) is 29.4. The van der Waals surface area contributed by atoms with Gasteiger partial charge in [-0.3, -0.25) is 14.9 Å². The summed E-state index contributed by atoms with van der Waals surface area (Å²) in [4.78, 5) is 32.6. The standard InChI is InChI=1S/C27H19N5O3/c33-25(19-9-2-1-3-10-19)22-12-6-7-13-23(22)30-26-24(32(34)35)17-28-27(31-26)29-21-15-14-18-8-4-5-11-20(18)16-21/h1-17H,(H2,28,29,30,31). The van der Waals surface area contributed by atoms with Crippen molar-refractivity contribution < 1.29 is 9.72 Å². The van der Waals surface area contributed by atoms with Crippen LogP contribution < -0.4 is 10.6 Å². The molecule has 35 heavy (non-hydrogen) atoms. The molecule has 0 fully saturated rings. The zero-order chi connectivity index (χ0) is 24.2. The second kappa shape index (κ2) is 9.40. The quantitative estimate of drug-likeness (QED) is 0.167. The molecule has 8 nitrogen and oxygen atoms in total. The van der Waals surface area contributed by atoms with Crippen molar-refractivity contribution >= 4 is 45.4 Å². The fraction of sp³-hybridized carbons (Fsp3) is 0. The lowest BCUT2D eigenvalue weighted by Gasteiger charge is -2.12. The summed E-state index contributed by atoms with van der Waals surface area (Å²) in [7, 11) is 0. The highest BCUT2D eigenvalue weighted by atomic mass is 16.6. The predicted octanol–water partition coefficient (Wildman–Crippen LogP) is 6.26. The molecular weight excluding hydrogens is 442 g/mol. The van der Waals surface area contributed by atoms with Gasteiger partial charge in [-0.1, -0.05) is 72.8 Å². The number of ketones is 1. The number of rotatable bonds is 7. The summed E-state index contributed by atoms with van der Waals surface area (Å²) in [5, 5.41) is 19.9. The topological polar surface area (TPSA) is 110 Å². The van der Waals surface area contributed by atoms with E-state index in [1.54, 1.807) is 48.5 Å². The van der Waals surface area contributed by atoms with Gasteiger partial charge in [0.15, 0.2) is 5.78 Å². The van der Waals surface area contributed by atoms with E-state index in [1.807, 2.05) is 48.5 Å². The first kappa shape index (κ1) is 21.7. The Balaban J connectivity index is 1.48. The summed E-state index contributed by atoms with van der Waals surface area (Å²) >= 11 is 0. The number of fused-ring (bicyclic) bond motifs is 1. The average molecular weight is 461 g/mol. The Morgan fingerprint density at radius 2 is 1.51 bits per heavy atom. The number of anilines is 4. The molecule has 4 aromatic carbocycles. The van der Waals surface area contributed by atoms with E-state index in [4.69, 9.17) is 0 Å². The number of hydrogen-bond acceptors (Lipinski definition) is 7. The van der Waals surface area contributed by atoms with Crippen LogP contribution >= 0.6 is 0 Å². The van der Waals surface area contributed by atoms with E-state index in [1.165, 1.54) is 0 Å². The largest absolute Gasteiger partial charge is 0.334 e. The molecule has 0 unspecified atom stereocenters. The van der Waals surface area contributed by atoms with Crippen molar-refractivity contribution in [3.8, 4) is 0 Å². The third-order valence-electron chi connectivity index (χ3n) is 5.43. The number of para-hydroxylation sites is 1. The SMILES string of the molecule is O=C(c1ccccc1)c1ccccc1Nc1nc(Nc2ccc3ccccc3c2)ncc1[N+](=O)[O-]. The van der Waals surface area contributed by atoms with Crippen LogP contribution in [-0.4, -0.2) is 20.7 Å². The molecule has 0 radical (unpaired) electrons. The Hall–Kier alpha value is -5.11. The number of hydrogen-bond donors (Lipinski definition) is 2. The Morgan fingerprint density at radius 1 is 0.800 bits per heavy atom. The van der Waals surface area contributed by atoms with Gasteiger partial charge in [0.05, 0.1) is 10.6 Å². The third-order valence-corrected chi connectivity index (χ3v) is 5.43. The van der Waals surface area contributed by atoms with Crippen LogP contribution in [0.15, 0.2) is 103 Å². The van der Waals surface area contributed by atoms with E-state index in [9.17, 15) is 14.9 Å². The molecule has 0 spiro atoms. The van der Waals surface area contributed by atoms with Crippen LogP contribution in [-0.2, 0) is 0 Å². The Kier molecular flexibility index (Phi) is 5.83. The maximum atomic E-state index is 13.1. The third kappa shape index (κ3) is 4.67. The van der Waals surface area contributed by atoms with Crippen LogP contribution in [0.5, 0.6) is 0 Å². The first-order chi connectivity index (χ1) is 17.1. The molecule has 2 N–H and O–H groups in total. The van der Waals surface area contributed by atoms with Gasteiger partial charge < -0.3 is 10.6 Å². The van der Waals surface area contributed by atoms with Crippen molar-refractivity contribution in [2.45, 2.75) is 0 Å². The Bertz CT molecular complexity index is 1550. The van der Waals surface area contributed by atoms with E-state index >= 15 is 0 Å². The van der Waals surface area contributed by atoms with Crippen LogP contribution in [0, 0.1) is 10.1 Å². The van der Waals surface area contributed by atoms with Crippen molar-refractivity contribution in [1.82, 2.24) is 9.97 Å². The maximum Gasteiger partial charge on any atom is 0.329 e. The summed E-state index contributed by atoms with van der Waals surface area (Å²) in [6.45, 7) is 0. The molecule has 0 aliphatic rings. The lowest BCUT2D eigenvalue weighted by molar-refractivity contribution is -0.384. The molecule has 0 atom stereocenters. The molecule has 0 saturated heterocycles. The molecule has 0 aliphatic heterocycles. The van der Waals surface area contributed by atoms with Gasteiger partial charge in [-0.2, -0.15) is 4.98 Å². The maximum absolute atomic E-state index is 13.1. The normalized spacial score (nSPS) is 10.6. The second-order valence-corrected chi connectivity index (χ2v) is 7.74. The molecule has 1 heterocycles. The summed E-state index contributed by atoms with van der Waals surface area (Å²) in [6.07, 6.45) is 1.14. The van der Waals surface area contributed by atoms with Crippen molar-refractivity contribution in [2.75, 3.05) is 10.6 Å². The van der Waals surface area contributed by atoms with Crippen LogP contribution in [0.4, 0.5) is 28.8 Å². The highest BCUT2D eigenvalue weighted by Crippen LogP contribution is 2.30. The van der Waals surface area contributed by atoms with Gasteiger partial charge in [0, 0.05) is 16.8 Å². The van der Waals surface area contributed by atoms with Gasteiger partial charge in [-0.05, 0) is 35.0 Å². The van der Waals surface area contributed by atoms with Crippen LogP contribution in [0.2, 0.25) is 0 Å². The molecule has 5 rings (SSSR count). The van der Waals surface area contributed by atoms with Gasteiger partial charge in [0.25, 0.3) is 0 Å². The fourth-order valence-electron chi connectivity index (χ4n) is 3.72. The molecule has 0 saturated carbocycles. The minimum atomic E-state index is -0.566. The van der Waals surface area contributed by atoms with Gasteiger partial charge in [0.1, 0.15) is 6.20 Å². The molecule has 0 aliphatic carbocycles. The number of benzene rings is 4. The summed E-state index contributed by atoms with van der Waals surface area (Å²) in [5.74, 6) is -0.0539. The monoisotopic (exact) mass is 461 g/mol. The van der Waals surface area contributed by atoms with E-state index in [0.29, 0.717) is 16.8 Å². The van der Waals surface area contributed by atoms with Gasteiger partial charge in [0.2, 0.25) is 11.8 Å². The smallest absolute Gasteiger partial charge is 0.329 e. The van der Waals surface area contributed by atoms with Crippen molar-refractivity contribution in [1.29, 1.82) is 0 Å². The minimum Gasteiger partial charge on any atom is -0.334 e. The van der Waals surface area contributed by atoms with Crippen LogP contribution in [0.1, 0.15) is 15.9 Å². The molecular formula is C27H19N5O3. The van der Waals surface area contributed by atoms with Crippen molar-refractivity contribution in [3.63, 3.8) is 0 Å². The fourth-order valence-corrected chi connectivity index (χ4v) is 3.72.